The van der Waals surface area contributed by atoms with Crippen LogP contribution in [0.25, 0.3) is 0 Å². The summed E-state index contributed by atoms with van der Waals surface area (Å²) in [5, 5.41) is 2.52. The first kappa shape index (κ1) is 18.1. The number of primary amides is 1. The zero-order chi connectivity index (χ0) is 18.5. The third-order valence-corrected chi connectivity index (χ3v) is 4.93. The number of nitrogens with two attached hydrogens (primary N) is 1. The molecule has 1 heterocycles. The number of thioether (sulfide) groups is 1. The number of anilines is 1. The summed E-state index contributed by atoms with van der Waals surface area (Å²) in [6.07, 6.45) is 0.852. The van der Waals surface area contributed by atoms with Gasteiger partial charge in [-0.3, -0.25) is 9.59 Å². The van der Waals surface area contributed by atoms with Gasteiger partial charge in [-0.1, -0.05) is 0 Å². The smallest absolute Gasteiger partial charge is 0.248 e. The lowest BCUT2D eigenvalue weighted by Crippen LogP contribution is -2.22. The Bertz CT molecular complexity index is 808. The molecule has 0 unspecified atom stereocenters. The Labute approximate surface area is 156 Å². The Morgan fingerprint density at radius 3 is 2.46 bits per heavy atom. The summed E-state index contributed by atoms with van der Waals surface area (Å²) in [4.78, 5) is 24.4. The Morgan fingerprint density at radius 1 is 1.08 bits per heavy atom. The number of ether oxygens (including phenoxy) is 2. The molecule has 6 nitrogen and oxygen atoms in total. The third kappa shape index (κ3) is 4.49. The molecule has 0 spiro atoms. The zero-order valence-corrected chi connectivity index (χ0v) is 15.2. The van der Waals surface area contributed by atoms with E-state index in [1.807, 2.05) is 25.1 Å². The molecule has 0 aliphatic carbocycles. The molecule has 1 atom stereocenters. The summed E-state index contributed by atoms with van der Waals surface area (Å²) in [5.41, 5.74) is 6.23. The summed E-state index contributed by atoms with van der Waals surface area (Å²) in [6.45, 7) is 3.10. The van der Waals surface area contributed by atoms with E-state index < -0.39 is 5.91 Å². The highest BCUT2D eigenvalue weighted by Gasteiger charge is 2.17. The molecule has 0 radical (unpaired) electrons. The van der Waals surface area contributed by atoms with Crippen molar-refractivity contribution in [1.29, 1.82) is 0 Å². The first-order valence-corrected chi connectivity index (χ1v) is 9.18. The van der Waals surface area contributed by atoms with Crippen LogP contribution >= 0.6 is 11.8 Å². The van der Waals surface area contributed by atoms with Crippen LogP contribution in [0.5, 0.6) is 11.5 Å². The molecule has 26 heavy (non-hydrogen) atoms. The van der Waals surface area contributed by atoms with Gasteiger partial charge < -0.3 is 20.5 Å². The lowest BCUT2D eigenvalue weighted by Gasteiger charge is -2.14. The van der Waals surface area contributed by atoms with Gasteiger partial charge in [0.2, 0.25) is 11.8 Å². The van der Waals surface area contributed by atoms with Gasteiger partial charge in [0, 0.05) is 22.6 Å². The second-order valence-electron chi connectivity index (χ2n) is 5.85. The number of rotatable bonds is 5. The predicted molar refractivity (Wildman–Crippen MR) is 101 cm³/mol. The molecule has 0 fully saturated rings. The molecule has 0 aromatic heterocycles. The van der Waals surface area contributed by atoms with E-state index in [9.17, 15) is 9.59 Å². The molecule has 3 N–H and O–H groups in total. The van der Waals surface area contributed by atoms with Crippen molar-refractivity contribution >= 4 is 29.3 Å². The standard InChI is InChI=1S/C19H20N2O4S/c1-12(19(23)21-14-5-3-13(4-6-14)18(20)22)26-15-7-8-16-17(11-15)25-10-2-9-24-16/h3-8,11-12H,2,9-10H2,1H3,(H2,20,22)(H,21,23)/t12-/m0/s1. The van der Waals surface area contributed by atoms with Crippen LogP contribution in [0.15, 0.2) is 47.4 Å². The van der Waals surface area contributed by atoms with Crippen molar-refractivity contribution in [1.82, 2.24) is 0 Å². The molecular formula is C19H20N2O4S. The number of amides is 2. The van der Waals surface area contributed by atoms with Crippen LogP contribution in [0.4, 0.5) is 5.69 Å². The molecule has 0 saturated carbocycles. The Morgan fingerprint density at radius 2 is 1.77 bits per heavy atom. The van der Waals surface area contributed by atoms with E-state index in [2.05, 4.69) is 5.32 Å². The predicted octanol–water partition coefficient (Wildman–Crippen LogP) is 3.07. The van der Waals surface area contributed by atoms with E-state index in [0.717, 1.165) is 17.1 Å². The van der Waals surface area contributed by atoms with Crippen LogP contribution < -0.4 is 20.5 Å². The van der Waals surface area contributed by atoms with Gasteiger partial charge in [0.05, 0.1) is 18.5 Å². The summed E-state index contributed by atoms with van der Waals surface area (Å²) in [6, 6.07) is 12.2. The summed E-state index contributed by atoms with van der Waals surface area (Å²) in [5.74, 6) is 0.816. The van der Waals surface area contributed by atoms with Crippen LogP contribution in [0.2, 0.25) is 0 Å². The summed E-state index contributed by atoms with van der Waals surface area (Å²) < 4.78 is 11.3. The first-order valence-electron chi connectivity index (χ1n) is 8.30. The van der Waals surface area contributed by atoms with Gasteiger partial charge in [0.15, 0.2) is 11.5 Å². The lowest BCUT2D eigenvalue weighted by atomic mass is 10.2. The van der Waals surface area contributed by atoms with E-state index >= 15 is 0 Å². The second-order valence-corrected chi connectivity index (χ2v) is 7.26. The average molecular weight is 372 g/mol. The maximum atomic E-state index is 12.4. The van der Waals surface area contributed by atoms with Gasteiger partial charge in [0.1, 0.15) is 0 Å². The lowest BCUT2D eigenvalue weighted by molar-refractivity contribution is -0.115. The Hall–Kier alpha value is -2.67. The van der Waals surface area contributed by atoms with E-state index in [1.54, 1.807) is 24.3 Å². The van der Waals surface area contributed by atoms with Gasteiger partial charge in [-0.05, 0) is 49.4 Å². The number of hydrogen-bond donors (Lipinski definition) is 2. The van der Waals surface area contributed by atoms with E-state index in [4.69, 9.17) is 15.2 Å². The number of hydrogen-bond acceptors (Lipinski definition) is 5. The highest BCUT2D eigenvalue weighted by molar-refractivity contribution is 8.00. The molecule has 2 amide bonds. The van der Waals surface area contributed by atoms with Crippen molar-refractivity contribution in [3.63, 3.8) is 0 Å². The van der Waals surface area contributed by atoms with Crippen molar-refractivity contribution in [2.45, 2.75) is 23.5 Å². The van der Waals surface area contributed by atoms with Crippen LogP contribution in [0, 0.1) is 0 Å². The topological polar surface area (TPSA) is 90.7 Å². The fraction of sp³-hybridized carbons (Fsp3) is 0.263. The minimum Gasteiger partial charge on any atom is -0.490 e. The first-order chi connectivity index (χ1) is 12.5. The number of nitrogens with one attached hydrogen (secondary N) is 1. The van der Waals surface area contributed by atoms with Crippen molar-refractivity contribution in [3.8, 4) is 11.5 Å². The molecule has 0 bridgehead atoms. The quantitative estimate of drug-likeness (QED) is 0.787. The molecule has 2 aromatic rings. The molecular weight excluding hydrogens is 352 g/mol. The molecule has 136 valence electrons. The molecule has 2 aromatic carbocycles. The fourth-order valence-electron chi connectivity index (χ4n) is 2.44. The SMILES string of the molecule is C[C@H](Sc1ccc2c(c1)OCCCO2)C(=O)Nc1ccc(C(N)=O)cc1. The number of carbonyl (C=O) groups is 2. The molecule has 3 rings (SSSR count). The van der Waals surface area contributed by atoms with Gasteiger partial charge in [-0.25, -0.2) is 0 Å². The monoisotopic (exact) mass is 372 g/mol. The third-order valence-electron chi connectivity index (χ3n) is 3.84. The number of carbonyl (C=O) groups excluding carboxylic acids is 2. The van der Waals surface area contributed by atoms with Crippen LogP contribution in [0.1, 0.15) is 23.7 Å². The average Bonchev–Trinajstić information content (AvgIpc) is 2.87. The number of fused-ring (bicyclic) bond motifs is 1. The van der Waals surface area contributed by atoms with Crippen molar-refractivity contribution in [2.24, 2.45) is 5.73 Å². The number of benzene rings is 2. The fourth-order valence-corrected chi connectivity index (χ4v) is 3.33. The minimum atomic E-state index is -0.499. The van der Waals surface area contributed by atoms with Crippen LogP contribution in [0.3, 0.4) is 0 Å². The normalized spacial score (nSPS) is 14.2. The van der Waals surface area contributed by atoms with Crippen molar-refractivity contribution in [2.75, 3.05) is 18.5 Å². The van der Waals surface area contributed by atoms with Gasteiger partial charge in [0.25, 0.3) is 0 Å². The van der Waals surface area contributed by atoms with Crippen molar-refractivity contribution < 1.29 is 19.1 Å². The Kier molecular flexibility index (Phi) is 5.68. The molecule has 7 heteroatoms. The van der Waals surface area contributed by atoms with E-state index in [-0.39, 0.29) is 11.2 Å². The second kappa shape index (κ2) is 8.14. The van der Waals surface area contributed by atoms with Crippen molar-refractivity contribution in [3.05, 3.63) is 48.0 Å². The Balaban J connectivity index is 1.62. The molecule has 0 saturated heterocycles. The maximum absolute atomic E-state index is 12.4. The van der Waals surface area contributed by atoms with Gasteiger partial charge in [-0.15, -0.1) is 11.8 Å². The molecule has 1 aliphatic rings. The van der Waals surface area contributed by atoms with E-state index in [0.29, 0.717) is 30.2 Å². The van der Waals surface area contributed by atoms with Gasteiger partial charge >= 0.3 is 0 Å². The summed E-state index contributed by atoms with van der Waals surface area (Å²) >= 11 is 1.44. The molecule has 1 aliphatic heterocycles. The summed E-state index contributed by atoms with van der Waals surface area (Å²) in [7, 11) is 0. The van der Waals surface area contributed by atoms with E-state index in [1.165, 1.54) is 11.8 Å². The van der Waals surface area contributed by atoms with Gasteiger partial charge in [-0.2, -0.15) is 0 Å². The largest absolute Gasteiger partial charge is 0.490 e. The zero-order valence-electron chi connectivity index (χ0n) is 14.4. The highest BCUT2D eigenvalue weighted by atomic mass is 32.2. The highest BCUT2D eigenvalue weighted by Crippen LogP contribution is 2.35. The minimum absolute atomic E-state index is 0.131. The maximum Gasteiger partial charge on any atom is 0.248 e. The van der Waals surface area contributed by atoms with Crippen LogP contribution in [-0.2, 0) is 4.79 Å². The van der Waals surface area contributed by atoms with Crippen LogP contribution in [-0.4, -0.2) is 30.3 Å².